The lowest BCUT2D eigenvalue weighted by atomic mass is 9.93. The molecule has 0 N–H and O–H groups in total. The van der Waals surface area contributed by atoms with Gasteiger partial charge in [-0.05, 0) is 37.5 Å². The van der Waals surface area contributed by atoms with Gasteiger partial charge in [-0.3, -0.25) is 4.79 Å². The maximum absolute atomic E-state index is 13.8. The van der Waals surface area contributed by atoms with Crippen molar-refractivity contribution < 1.29 is 17.6 Å². The van der Waals surface area contributed by atoms with Crippen LogP contribution >= 0.6 is 0 Å². The molecule has 3 nitrogen and oxygen atoms in total. The molecule has 98 valence electrons. The molecule has 1 aromatic carbocycles. The van der Waals surface area contributed by atoms with Gasteiger partial charge in [-0.15, -0.1) is 0 Å². The topological polar surface area (TPSA) is 51.2 Å². The zero-order valence-corrected chi connectivity index (χ0v) is 11.2. The Hall–Kier alpha value is -1.23. The first-order valence-electron chi connectivity index (χ1n) is 5.81. The molecule has 1 fully saturated rings. The lowest BCUT2D eigenvalue weighted by Crippen LogP contribution is -2.18. The van der Waals surface area contributed by atoms with Crippen molar-refractivity contribution in [1.82, 2.24) is 0 Å². The summed E-state index contributed by atoms with van der Waals surface area (Å²) in [5, 5.41) is 0. The molecule has 1 saturated heterocycles. The van der Waals surface area contributed by atoms with Gasteiger partial charge >= 0.3 is 0 Å². The molecule has 1 unspecified atom stereocenters. The van der Waals surface area contributed by atoms with Crippen LogP contribution in [0.2, 0.25) is 0 Å². The molecule has 0 bridgehead atoms. The van der Waals surface area contributed by atoms with Gasteiger partial charge in [0.15, 0.2) is 15.6 Å². The van der Waals surface area contributed by atoms with Crippen LogP contribution in [0, 0.1) is 25.6 Å². The van der Waals surface area contributed by atoms with E-state index in [2.05, 4.69) is 0 Å². The molecule has 0 saturated carbocycles. The molecule has 1 heterocycles. The SMILES string of the molecule is Cc1cc(C)c(C(=O)C2CCS(=O)(=O)C2)c(F)c1. The standard InChI is InChI=1S/C13H15FO3S/c1-8-5-9(2)12(11(14)6-8)13(15)10-3-4-18(16,17)7-10/h5-6,10H,3-4,7H2,1-2H3. The fourth-order valence-corrected chi connectivity index (χ4v) is 4.18. The molecule has 1 aromatic rings. The summed E-state index contributed by atoms with van der Waals surface area (Å²) in [6, 6.07) is 3.05. The molecule has 0 aliphatic carbocycles. The molecule has 2 rings (SSSR count). The van der Waals surface area contributed by atoms with Crippen molar-refractivity contribution in [2.45, 2.75) is 20.3 Å². The molecule has 0 radical (unpaired) electrons. The number of hydrogen-bond donors (Lipinski definition) is 0. The highest BCUT2D eigenvalue weighted by Gasteiger charge is 2.34. The number of hydrogen-bond acceptors (Lipinski definition) is 3. The normalized spacial score (nSPS) is 22.1. The average Bonchev–Trinajstić information content (AvgIpc) is 2.57. The van der Waals surface area contributed by atoms with Gasteiger partial charge in [0.25, 0.3) is 0 Å². The lowest BCUT2D eigenvalue weighted by Gasteiger charge is -2.11. The zero-order chi connectivity index (χ0) is 13.5. The van der Waals surface area contributed by atoms with Crippen molar-refractivity contribution in [3.63, 3.8) is 0 Å². The Morgan fingerprint density at radius 1 is 1.33 bits per heavy atom. The number of ketones is 1. The van der Waals surface area contributed by atoms with Crippen molar-refractivity contribution >= 4 is 15.6 Å². The third-order valence-electron chi connectivity index (χ3n) is 3.28. The van der Waals surface area contributed by atoms with Crippen LogP contribution in [0.1, 0.15) is 27.9 Å². The first-order chi connectivity index (χ1) is 8.30. The third-order valence-corrected chi connectivity index (χ3v) is 5.05. The summed E-state index contributed by atoms with van der Waals surface area (Å²) in [5.74, 6) is -1.66. The first kappa shape index (κ1) is 13.2. The van der Waals surface area contributed by atoms with Gasteiger partial charge in [-0.1, -0.05) is 6.07 Å². The molecule has 1 atom stereocenters. The summed E-state index contributed by atoms with van der Waals surface area (Å²) in [5.41, 5.74) is 1.37. The molecular formula is C13H15FO3S. The molecule has 0 aromatic heterocycles. The van der Waals surface area contributed by atoms with Gasteiger partial charge in [0.1, 0.15) is 5.82 Å². The summed E-state index contributed by atoms with van der Waals surface area (Å²) >= 11 is 0. The quantitative estimate of drug-likeness (QED) is 0.773. The van der Waals surface area contributed by atoms with Gasteiger partial charge in [-0.25, -0.2) is 12.8 Å². The Morgan fingerprint density at radius 3 is 2.50 bits per heavy atom. The van der Waals surface area contributed by atoms with E-state index >= 15 is 0 Å². The summed E-state index contributed by atoms with van der Waals surface area (Å²) < 4.78 is 36.5. The first-order valence-corrected chi connectivity index (χ1v) is 7.64. The number of sulfone groups is 1. The van der Waals surface area contributed by atoms with Crippen molar-refractivity contribution in [2.24, 2.45) is 5.92 Å². The molecule has 18 heavy (non-hydrogen) atoms. The van der Waals surface area contributed by atoms with Crippen LogP contribution < -0.4 is 0 Å². The van der Waals surface area contributed by atoms with E-state index in [1.54, 1.807) is 19.9 Å². The number of Topliss-reactive ketones (excluding diaryl/α,β-unsaturated/α-hetero) is 1. The second-order valence-electron chi connectivity index (χ2n) is 4.90. The minimum absolute atomic E-state index is 0.0237. The van der Waals surface area contributed by atoms with Gasteiger partial charge in [-0.2, -0.15) is 0 Å². The van der Waals surface area contributed by atoms with E-state index < -0.39 is 21.6 Å². The van der Waals surface area contributed by atoms with Crippen LogP contribution in [0.15, 0.2) is 12.1 Å². The van der Waals surface area contributed by atoms with Crippen LogP contribution in [0.4, 0.5) is 4.39 Å². The largest absolute Gasteiger partial charge is 0.294 e. The second kappa shape index (κ2) is 4.46. The number of aryl methyl sites for hydroxylation is 2. The monoisotopic (exact) mass is 270 g/mol. The van der Waals surface area contributed by atoms with E-state index in [0.29, 0.717) is 12.0 Å². The lowest BCUT2D eigenvalue weighted by molar-refractivity contribution is 0.0928. The Balaban J connectivity index is 2.36. The average molecular weight is 270 g/mol. The summed E-state index contributed by atoms with van der Waals surface area (Å²) in [4.78, 5) is 12.2. The number of rotatable bonds is 2. The van der Waals surface area contributed by atoms with Crippen molar-refractivity contribution in [3.05, 3.63) is 34.6 Å². The van der Waals surface area contributed by atoms with E-state index in [1.165, 1.54) is 6.07 Å². The Morgan fingerprint density at radius 2 is 2.00 bits per heavy atom. The third kappa shape index (κ3) is 2.46. The maximum Gasteiger partial charge on any atom is 0.170 e. The van der Waals surface area contributed by atoms with E-state index in [9.17, 15) is 17.6 Å². The van der Waals surface area contributed by atoms with Crippen LogP contribution in [0.25, 0.3) is 0 Å². The number of carbonyl (C=O) groups is 1. The van der Waals surface area contributed by atoms with Crippen molar-refractivity contribution in [2.75, 3.05) is 11.5 Å². The maximum atomic E-state index is 13.8. The zero-order valence-electron chi connectivity index (χ0n) is 10.4. The van der Waals surface area contributed by atoms with E-state index in [-0.39, 0.29) is 22.9 Å². The highest BCUT2D eigenvalue weighted by Crippen LogP contribution is 2.26. The summed E-state index contributed by atoms with van der Waals surface area (Å²) in [7, 11) is -3.13. The summed E-state index contributed by atoms with van der Waals surface area (Å²) in [6.07, 6.45) is 0.300. The highest BCUT2D eigenvalue weighted by atomic mass is 32.2. The Kier molecular flexibility index (Phi) is 3.27. The van der Waals surface area contributed by atoms with Gasteiger partial charge in [0, 0.05) is 5.92 Å². The van der Waals surface area contributed by atoms with E-state index in [0.717, 1.165) is 5.56 Å². The van der Waals surface area contributed by atoms with Crippen LogP contribution in [-0.4, -0.2) is 25.7 Å². The Bertz CT molecular complexity index is 582. The molecule has 0 spiro atoms. The molecule has 1 aliphatic heterocycles. The van der Waals surface area contributed by atoms with Gasteiger partial charge in [0.05, 0.1) is 17.1 Å². The minimum Gasteiger partial charge on any atom is -0.294 e. The molecular weight excluding hydrogens is 255 g/mol. The predicted molar refractivity (Wildman–Crippen MR) is 67.0 cm³/mol. The fraction of sp³-hybridized carbons (Fsp3) is 0.462. The number of carbonyl (C=O) groups excluding carboxylic acids is 1. The fourth-order valence-electron chi connectivity index (χ4n) is 2.43. The van der Waals surface area contributed by atoms with E-state index in [4.69, 9.17) is 0 Å². The number of halogens is 1. The number of benzene rings is 1. The van der Waals surface area contributed by atoms with Crippen molar-refractivity contribution in [1.29, 1.82) is 0 Å². The second-order valence-corrected chi connectivity index (χ2v) is 7.13. The molecule has 1 aliphatic rings. The highest BCUT2D eigenvalue weighted by molar-refractivity contribution is 7.91. The van der Waals surface area contributed by atoms with Crippen LogP contribution in [-0.2, 0) is 9.84 Å². The van der Waals surface area contributed by atoms with E-state index in [1.807, 2.05) is 0 Å². The summed E-state index contributed by atoms with van der Waals surface area (Å²) in [6.45, 7) is 3.43. The minimum atomic E-state index is -3.13. The smallest absolute Gasteiger partial charge is 0.170 e. The van der Waals surface area contributed by atoms with Crippen molar-refractivity contribution in [3.8, 4) is 0 Å². The van der Waals surface area contributed by atoms with Crippen LogP contribution in [0.5, 0.6) is 0 Å². The van der Waals surface area contributed by atoms with Crippen LogP contribution in [0.3, 0.4) is 0 Å². The Labute approximate surface area is 106 Å². The molecule has 0 amide bonds. The predicted octanol–water partition coefficient (Wildman–Crippen LogP) is 2.06. The van der Waals surface area contributed by atoms with Gasteiger partial charge < -0.3 is 0 Å². The van der Waals surface area contributed by atoms with Gasteiger partial charge in [0.2, 0.25) is 0 Å². The molecule has 5 heteroatoms.